The molecule has 0 aromatic heterocycles. The number of nitrogens with two attached hydrogens (primary N) is 1. The molecule has 1 heterocycles. The molecule has 0 radical (unpaired) electrons. The predicted octanol–water partition coefficient (Wildman–Crippen LogP) is 1.54. The second kappa shape index (κ2) is 5.75. The molecule has 1 saturated heterocycles. The van der Waals surface area contributed by atoms with Crippen LogP contribution in [0.1, 0.15) is 20.8 Å². The molecule has 1 fully saturated rings. The van der Waals surface area contributed by atoms with E-state index in [0.717, 1.165) is 13.1 Å². The minimum absolute atomic E-state index is 0.0258. The summed E-state index contributed by atoms with van der Waals surface area (Å²) < 4.78 is 37.9. The lowest BCUT2D eigenvalue weighted by molar-refractivity contribution is -0.177. The highest BCUT2D eigenvalue weighted by molar-refractivity contribution is 4.83. The maximum absolute atomic E-state index is 12.6. The number of hydrogen-bond donors (Lipinski definition) is 1. The van der Waals surface area contributed by atoms with E-state index in [9.17, 15) is 13.2 Å². The zero-order valence-corrected chi connectivity index (χ0v) is 11.4. The van der Waals surface area contributed by atoms with Gasteiger partial charge in [-0.3, -0.25) is 4.90 Å². The van der Waals surface area contributed by atoms with Gasteiger partial charge in [0.05, 0.1) is 5.92 Å². The molecule has 0 saturated carbocycles. The van der Waals surface area contributed by atoms with E-state index < -0.39 is 12.1 Å². The molecule has 2 N–H and O–H groups in total. The molecule has 0 spiro atoms. The van der Waals surface area contributed by atoms with E-state index in [1.807, 2.05) is 4.90 Å². The molecule has 3 nitrogen and oxygen atoms in total. The van der Waals surface area contributed by atoms with Gasteiger partial charge in [0.2, 0.25) is 0 Å². The van der Waals surface area contributed by atoms with Gasteiger partial charge in [-0.25, -0.2) is 0 Å². The summed E-state index contributed by atoms with van der Waals surface area (Å²) in [5.41, 5.74) is 5.30. The quantitative estimate of drug-likeness (QED) is 0.842. The van der Waals surface area contributed by atoms with E-state index >= 15 is 0 Å². The Morgan fingerprint density at radius 1 is 1.06 bits per heavy atom. The summed E-state index contributed by atoms with van der Waals surface area (Å²) in [5.74, 6) is -1.40. The molecule has 0 amide bonds. The minimum Gasteiger partial charge on any atom is -0.330 e. The summed E-state index contributed by atoms with van der Waals surface area (Å²) in [6.07, 6.45) is -4.18. The van der Waals surface area contributed by atoms with E-state index in [-0.39, 0.29) is 18.6 Å². The van der Waals surface area contributed by atoms with Gasteiger partial charge in [0.1, 0.15) is 0 Å². The highest BCUT2D eigenvalue weighted by atomic mass is 19.4. The first-order chi connectivity index (χ1) is 8.14. The van der Waals surface area contributed by atoms with Crippen molar-refractivity contribution >= 4 is 0 Å². The molecular weight excluding hydrogens is 243 g/mol. The second-order valence-electron chi connectivity index (χ2n) is 5.93. The zero-order chi connectivity index (χ0) is 14.0. The van der Waals surface area contributed by atoms with E-state index in [0.29, 0.717) is 13.1 Å². The van der Waals surface area contributed by atoms with E-state index in [1.165, 1.54) is 0 Å². The maximum atomic E-state index is 12.6. The largest absolute Gasteiger partial charge is 0.394 e. The van der Waals surface area contributed by atoms with Gasteiger partial charge in [-0.1, -0.05) is 0 Å². The van der Waals surface area contributed by atoms with Crippen LogP contribution in [0.25, 0.3) is 0 Å². The van der Waals surface area contributed by atoms with Crippen LogP contribution in [0.2, 0.25) is 0 Å². The highest BCUT2D eigenvalue weighted by Gasteiger charge is 2.40. The molecule has 108 valence electrons. The Balaban J connectivity index is 2.44. The number of nitrogens with zero attached hydrogens (tertiary/aromatic N) is 2. The average Bonchev–Trinajstić information content (AvgIpc) is 2.23. The van der Waals surface area contributed by atoms with Crippen molar-refractivity contribution in [2.45, 2.75) is 32.5 Å². The average molecular weight is 267 g/mol. The van der Waals surface area contributed by atoms with Crippen LogP contribution in [0, 0.1) is 5.92 Å². The summed E-state index contributed by atoms with van der Waals surface area (Å²) in [5, 5.41) is 0. The smallest absolute Gasteiger partial charge is 0.330 e. The lowest BCUT2D eigenvalue weighted by Gasteiger charge is -2.43. The van der Waals surface area contributed by atoms with Crippen molar-refractivity contribution in [3.8, 4) is 0 Å². The summed E-state index contributed by atoms with van der Waals surface area (Å²) in [7, 11) is 0. The Labute approximate surface area is 107 Å². The van der Waals surface area contributed by atoms with Gasteiger partial charge in [0.25, 0.3) is 0 Å². The Bertz CT molecular complexity index is 252. The van der Waals surface area contributed by atoms with Crippen molar-refractivity contribution in [1.29, 1.82) is 0 Å². The molecule has 1 atom stereocenters. The third kappa shape index (κ3) is 4.40. The Morgan fingerprint density at radius 2 is 1.56 bits per heavy atom. The predicted molar refractivity (Wildman–Crippen MR) is 66.4 cm³/mol. The number of halogens is 3. The van der Waals surface area contributed by atoms with Gasteiger partial charge in [-0.2, -0.15) is 13.2 Å². The minimum atomic E-state index is -4.18. The van der Waals surface area contributed by atoms with Gasteiger partial charge in [-0.05, 0) is 20.8 Å². The van der Waals surface area contributed by atoms with Crippen LogP contribution in [0.15, 0.2) is 0 Å². The SMILES string of the molecule is CC(C)(C)N1CCN(CC(CN)C(F)(F)F)CC1. The first-order valence-electron chi connectivity index (χ1n) is 6.39. The van der Waals surface area contributed by atoms with Crippen molar-refractivity contribution in [3.63, 3.8) is 0 Å². The number of alkyl halides is 3. The number of hydrogen-bond acceptors (Lipinski definition) is 3. The molecule has 1 aliphatic heterocycles. The summed E-state index contributed by atoms with van der Waals surface area (Å²) in [6.45, 7) is 9.08. The topological polar surface area (TPSA) is 32.5 Å². The van der Waals surface area contributed by atoms with Crippen LogP contribution >= 0.6 is 0 Å². The summed E-state index contributed by atoms with van der Waals surface area (Å²) in [4.78, 5) is 4.17. The lowest BCUT2D eigenvalue weighted by atomic mass is 10.0. The van der Waals surface area contributed by atoms with Crippen molar-refractivity contribution in [2.24, 2.45) is 11.7 Å². The standard InChI is InChI=1S/C12H24F3N3/c1-11(2,3)18-6-4-17(5-7-18)9-10(8-16)12(13,14)15/h10H,4-9,16H2,1-3H3. The fraction of sp³-hybridized carbons (Fsp3) is 1.00. The van der Waals surface area contributed by atoms with Crippen LogP contribution < -0.4 is 5.73 Å². The lowest BCUT2D eigenvalue weighted by Crippen LogP contribution is -2.55. The van der Waals surface area contributed by atoms with Crippen LogP contribution in [-0.4, -0.2) is 60.8 Å². The number of piperazine rings is 1. The molecule has 0 aromatic carbocycles. The van der Waals surface area contributed by atoms with Crippen LogP contribution in [0.5, 0.6) is 0 Å². The Hall–Kier alpha value is -0.330. The van der Waals surface area contributed by atoms with E-state index in [1.54, 1.807) is 0 Å². The molecule has 1 aliphatic rings. The van der Waals surface area contributed by atoms with Gasteiger partial charge in [0, 0.05) is 44.8 Å². The van der Waals surface area contributed by atoms with Crippen molar-refractivity contribution in [1.82, 2.24) is 9.80 Å². The molecule has 1 rings (SSSR count). The molecule has 6 heteroatoms. The van der Waals surface area contributed by atoms with Crippen LogP contribution in [0.3, 0.4) is 0 Å². The summed E-state index contributed by atoms with van der Waals surface area (Å²) >= 11 is 0. The van der Waals surface area contributed by atoms with Crippen LogP contribution in [-0.2, 0) is 0 Å². The van der Waals surface area contributed by atoms with Crippen molar-refractivity contribution in [3.05, 3.63) is 0 Å². The van der Waals surface area contributed by atoms with Crippen molar-refractivity contribution in [2.75, 3.05) is 39.3 Å². The number of rotatable bonds is 3. The monoisotopic (exact) mass is 267 g/mol. The fourth-order valence-corrected chi connectivity index (χ4v) is 2.22. The Morgan fingerprint density at radius 3 is 1.89 bits per heavy atom. The Kier molecular flexibility index (Phi) is 5.03. The van der Waals surface area contributed by atoms with Crippen molar-refractivity contribution < 1.29 is 13.2 Å². The van der Waals surface area contributed by atoms with Gasteiger partial charge >= 0.3 is 6.18 Å². The molecule has 1 unspecified atom stereocenters. The molecule has 0 aromatic rings. The highest BCUT2D eigenvalue weighted by Crippen LogP contribution is 2.26. The zero-order valence-electron chi connectivity index (χ0n) is 11.4. The molecular formula is C12H24F3N3. The normalized spacial score (nSPS) is 22.2. The fourth-order valence-electron chi connectivity index (χ4n) is 2.22. The third-order valence-corrected chi connectivity index (χ3v) is 3.55. The van der Waals surface area contributed by atoms with Gasteiger partial charge in [-0.15, -0.1) is 0 Å². The van der Waals surface area contributed by atoms with Gasteiger partial charge < -0.3 is 10.6 Å². The second-order valence-corrected chi connectivity index (χ2v) is 5.93. The first kappa shape index (κ1) is 15.7. The summed E-state index contributed by atoms with van der Waals surface area (Å²) in [6, 6.07) is 0. The van der Waals surface area contributed by atoms with E-state index in [2.05, 4.69) is 25.7 Å². The van der Waals surface area contributed by atoms with Gasteiger partial charge in [0.15, 0.2) is 0 Å². The molecule has 0 aliphatic carbocycles. The third-order valence-electron chi connectivity index (χ3n) is 3.55. The van der Waals surface area contributed by atoms with Crippen LogP contribution in [0.4, 0.5) is 13.2 Å². The molecule has 18 heavy (non-hydrogen) atoms. The van der Waals surface area contributed by atoms with E-state index in [4.69, 9.17) is 5.73 Å². The molecule has 0 bridgehead atoms. The first-order valence-corrected chi connectivity index (χ1v) is 6.39. The maximum Gasteiger partial charge on any atom is 0.394 e.